The van der Waals surface area contributed by atoms with Crippen molar-refractivity contribution in [2.45, 2.75) is 69.2 Å². The minimum atomic E-state index is -3.54. The van der Waals surface area contributed by atoms with Gasteiger partial charge in [0, 0.05) is 0 Å². The smallest absolute Gasteiger partial charge is 0.250 e. The van der Waals surface area contributed by atoms with Crippen LogP contribution in [-0.4, -0.2) is 25.7 Å². The lowest BCUT2D eigenvalue weighted by atomic mass is 9.92. The Kier molecular flexibility index (Phi) is 7.87. The molecule has 0 bridgehead atoms. The molecule has 6 heteroatoms. The Morgan fingerprint density at radius 1 is 1.33 bits per heavy atom. The van der Waals surface area contributed by atoms with Crippen molar-refractivity contribution in [2.75, 3.05) is 0 Å². The second kappa shape index (κ2) is 8.88. The van der Waals surface area contributed by atoms with Crippen LogP contribution in [0.25, 0.3) is 0 Å². The molecule has 1 rings (SSSR count). The van der Waals surface area contributed by atoms with Crippen molar-refractivity contribution in [3.63, 3.8) is 0 Å². The minimum absolute atomic E-state index is 0.0939. The molecule has 0 spiro atoms. The number of rotatable bonds is 10. The zero-order valence-corrected chi connectivity index (χ0v) is 14.7. The Labute approximate surface area is 132 Å². The third-order valence-electron chi connectivity index (χ3n) is 3.83. The van der Waals surface area contributed by atoms with Gasteiger partial charge in [-0.05, 0) is 23.8 Å². The van der Waals surface area contributed by atoms with Crippen LogP contribution >= 0.6 is 11.3 Å². The monoisotopic (exact) mass is 333 g/mol. The van der Waals surface area contributed by atoms with E-state index in [1.807, 2.05) is 13.8 Å². The van der Waals surface area contributed by atoms with Crippen molar-refractivity contribution in [3.8, 4) is 0 Å². The van der Waals surface area contributed by atoms with E-state index in [0.717, 1.165) is 25.7 Å². The van der Waals surface area contributed by atoms with E-state index in [0.29, 0.717) is 10.6 Å². The zero-order chi connectivity index (χ0) is 15.9. The normalized spacial score (nSPS) is 16.6. The summed E-state index contributed by atoms with van der Waals surface area (Å²) in [5, 5.41) is 12.1. The molecule has 3 atom stereocenters. The van der Waals surface area contributed by atoms with Crippen molar-refractivity contribution in [1.29, 1.82) is 0 Å². The van der Waals surface area contributed by atoms with Gasteiger partial charge in [0.05, 0.1) is 12.1 Å². The number of unbranched alkanes of at least 4 members (excludes halogenated alkanes) is 2. The maximum atomic E-state index is 12.3. The van der Waals surface area contributed by atoms with Crippen LogP contribution in [0.3, 0.4) is 0 Å². The molecule has 1 heterocycles. The average molecular weight is 334 g/mol. The molecule has 0 aliphatic rings. The van der Waals surface area contributed by atoms with Gasteiger partial charge in [0.2, 0.25) is 10.0 Å². The molecule has 4 nitrogen and oxygen atoms in total. The standard InChI is InChI=1S/C15H27NO3S2/c1-4-6-7-9-13(17)15(12(3)5-2)16-21(18,19)14-10-8-11-20-14/h8,10-13,15-17H,4-7,9H2,1-3H3/t12-,13-,15?/m0/s1. The minimum Gasteiger partial charge on any atom is -0.391 e. The third kappa shape index (κ3) is 5.70. The number of aliphatic hydroxyl groups excluding tert-OH is 1. The van der Waals surface area contributed by atoms with Crippen LogP contribution in [0, 0.1) is 5.92 Å². The van der Waals surface area contributed by atoms with Crippen LogP contribution in [-0.2, 0) is 10.0 Å². The first-order chi connectivity index (χ1) is 9.92. The molecule has 0 radical (unpaired) electrons. The highest BCUT2D eigenvalue weighted by atomic mass is 32.2. The lowest BCUT2D eigenvalue weighted by Gasteiger charge is -2.28. The van der Waals surface area contributed by atoms with Crippen molar-refractivity contribution < 1.29 is 13.5 Å². The van der Waals surface area contributed by atoms with Gasteiger partial charge >= 0.3 is 0 Å². The third-order valence-corrected chi connectivity index (χ3v) is 6.68. The summed E-state index contributed by atoms with van der Waals surface area (Å²) < 4.78 is 27.7. The maximum Gasteiger partial charge on any atom is 0.250 e. The molecule has 0 aliphatic carbocycles. The largest absolute Gasteiger partial charge is 0.391 e. The fraction of sp³-hybridized carbons (Fsp3) is 0.733. The van der Waals surface area contributed by atoms with Crippen LogP contribution in [0.5, 0.6) is 0 Å². The van der Waals surface area contributed by atoms with E-state index in [1.165, 1.54) is 11.3 Å². The van der Waals surface area contributed by atoms with Crippen molar-refractivity contribution in [3.05, 3.63) is 17.5 Å². The molecule has 1 unspecified atom stereocenters. The molecule has 0 aliphatic heterocycles. The number of hydrogen-bond acceptors (Lipinski definition) is 4. The van der Waals surface area contributed by atoms with Crippen LogP contribution in [0.2, 0.25) is 0 Å². The van der Waals surface area contributed by atoms with Crippen LogP contribution in [0.4, 0.5) is 0 Å². The summed E-state index contributed by atoms with van der Waals surface area (Å²) in [6, 6.07) is 2.87. The van der Waals surface area contributed by atoms with Gasteiger partial charge in [0.15, 0.2) is 0 Å². The SMILES string of the molecule is CCCCC[C@H](O)C(NS(=O)(=O)c1cccs1)[C@@H](C)CC. The predicted octanol–water partition coefficient (Wildman–Crippen LogP) is 3.38. The number of sulfonamides is 1. The van der Waals surface area contributed by atoms with Gasteiger partial charge in [-0.15, -0.1) is 11.3 Å². The molecule has 0 amide bonds. The first-order valence-electron chi connectivity index (χ1n) is 7.66. The topological polar surface area (TPSA) is 66.4 Å². The Morgan fingerprint density at radius 2 is 2.05 bits per heavy atom. The number of thiophene rings is 1. The van der Waals surface area contributed by atoms with Crippen LogP contribution in [0.1, 0.15) is 52.9 Å². The van der Waals surface area contributed by atoms with Crippen LogP contribution < -0.4 is 4.72 Å². The summed E-state index contributed by atoms with van der Waals surface area (Å²) in [5.74, 6) is 0.0939. The van der Waals surface area contributed by atoms with Gasteiger partial charge in [-0.3, -0.25) is 0 Å². The lowest BCUT2D eigenvalue weighted by Crippen LogP contribution is -2.47. The molecule has 1 aromatic heterocycles. The maximum absolute atomic E-state index is 12.3. The molecular formula is C15H27NO3S2. The van der Waals surface area contributed by atoms with Crippen molar-refractivity contribution in [2.24, 2.45) is 5.92 Å². The number of nitrogens with one attached hydrogen (secondary N) is 1. The van der Waals surface area contributed by atoms with Gasteiger partial charge in [0.25, 0.3) is 0 Å². The molecule has 0 fully saturated rings. The summed E-state index contributed by atoms with van der Waals surface area (Å²) in [6.07, 6.45) is 3.88. The highest BCUT2D eigenvalue weighted by Crippen LogP contribution is 2.21. The van der Waals surface area contributed by atoms with E-state index in [1.54, 1.807) is 17.5 Å². The lowest BCUT2D eigenvalue weighted by molar-refractivity contribution is 0.100. The zero-order valence-electron chi connectivity index (χ0n) is 13.1. The number of aliphatic hydroxyl groups is 1. The highest BCUT2D eigenvalue weighted by Gasteiger charge is 2.29. The molecular weight excluding hydrogens is 306 g/mol. The fourth-order valence-corrected chi connectivity index (χ4v) is 4.65. The molecule has 122 valence electrons. The van der Waals surface area contributed by atoms with Gasteiger partial charge in [-0.1, -0.05) is 52.5 Å². The second-order valence-electron chi connectivity index (χ2n) is 5.53. The Morgan fingerprint density at radius 3 is 2.57 bits per heavy atom. The summed E-state index contributed by atoms with van der Waals surface area (Å²) in [6.45, 7) is 6.10. The molecule has 0 saturated carbocycles. The predicted molar refractivity (Wildman–Crippen MR) is 88.0 cm³/mol. The molecule has 0 saturated heterocycles. The first-order valence-corrected chi connectivity index (χ1v) is 10.0. The average Bonchev–Trinajstić information content (AvgIpc) is 2.99. The van der Waals surface area contributed by atoms with Gasteiger partial charge in [0.1, 0.15) is 4.21 Å². The van der Waals surface area contributed by atoms with E-state index in [-0.39, 0.29) is 5.92 Å². The van der Waals surface area contributed by atoms with E-state index < -0.39 is 22.2 Å². The Balaban J connectivity index is 2.78. The van der Waals surface area contributed by atoms with E-state index >= 15 is 0 Å². The molecule has 2 N–H and O–H groups in total. The fourth-order valence-electron chi connectivity index (χ4n) is 2.26. The summed E-state index contributed by atoms with van der Waals surface area (Å²) >= 11 is 1.19. The molecule has 21 heavy (non-hydrogen) atoms. The van der Waals surface area contributed by atoms with Gasteiger partial charge in [-0.2, -0.15) is 0 Å². The summed E-state index contributed by atoms with van der Waals surface area (Å²) in [7, 11) is -3.54. The molecule has 0 aromatic carbocycles. The highest BCUT2D eigenvalue weighted by molar-refractivity contribution is 7.91. The number of hydrogen-bond donors (Lipinski definition) is 2. The van der Waals surface area contributed by atoms with E-state index in [9.17, 15) is 13.5 Å². The van der Waals surface area contributed by atoms with Crippen LogP contribution in [0.15, 0.2) is 21.7 Å². The Bertz CT molecular complexity index is 485. The first kappa shape index (κ1) is 18.6. The molecule has 1 aromatic rings. The Hall–Kier alpha value is -0.430. The van der Waals surface area contributed by atoms with Crippen molar-refractivity contribution in [1.82, 2.24) is 4.72 Å². The summed E-state index contributed by atoms with van der Waals surface area (Å²) in [5.41, 5.74) is 0. The van der Waals surface area contributed by atoms with Crippen molar-refractivity contribution >= 4 is 21.4 Å². The van der Waals surface area contributed by atoms with Gasteiger partial charge < -0.3 is 5.11 Å². The van der Waals surface area contributed by atoms with E-state index in [4.69, 9.17) is 0 Å². The summed E-state index contributed by atoms with van der Waals surface area (Å²) in [4.78, 5) is 0. The van der Waals surface area contributed by atoms with E-state index in [2.05, 4.69) is 11.6 Å². The quantitative estimate of drug-likeness (QED) is 0.645. The second-order valence-corrected chi connectivity index (χ2v) is 8.42. The van der Waals surface area contributed by atoms with Gasteiger partial charge in [-0.25, -0.2) is 13.1 Å².